The summed E-state index contributed by atoms with van der Waals surface area (Å²) >= 11 is 0. The highest BCUT2D eigenvalue weighted by molar-refractivity contribution is 5.75. The Morgan fingerprint density at radius 1 is 1.67 bits per heavy atom. The number of carboxylic acids is 1. The average Bonchev–Trinajstić information content (AvgIpc) is 2.63. The van der Waals surface area contributed by atoms with Gasteiger partial charge in [0.25, 0.3) is 0 Å². The van der Waals surface area contributed by atoms with Crippen LogP contribution in [-0.2, 0) is 4.79 Å². The molecular weight excluding hydrogens is 190 g/mol. The van der Waals surface area contributed by atoms with Crippen LogP contribution in [0.1, 0.15) is 32.6 Å². The molecule has 0 radical (unpaired) electrons. The first-order valence-electron chi connectivity index (χ1n) is 5.71. The smallest absolute Gasteiger partial charge is 0.310 e. The Balaban J connectivity index is 2.42. The average molecular weight is 211 g/mol. The number of allylic oxidation sites excluding steroid dienone is 1. The molecule has 1 atom stereocenters. The van der Waals surface area contributed by atoms with Gasteiger partial charge in [-0.15, -0.1) is 6.58 Å². The summed E-state index contributed by atoms with van der Waals surface area (Å²) in [5.74, 6) is -0.628. The number of carbonyl (C=O) groups is 1. The zero-order chi connectivity index (χ0) is 11.3. The molecule has 1 N–H and O–H groups in total. The van der Waals surface area contributed by atoms with Gasteiger partial charge in [0.1, 0.15) is 0 Å². The minimum atomic E-state index is -0.628. The van der Waals surface area contributed by atoms with Crippen LogP contribution in [0.2, 0.25) is 0 Å². The Labute approximate surface area is 91.8 Å². The van der Waals surface area contributed by atoms with Crippen molar-refractivity contribution in [3.63, 3.8) is 0 Å². The van der Waals surface area contributed by atoms with Gasteiger partial charge < -0.3 is 10.0 Å². The van der Waals surface area contributed by atoms with Crippen LogP contribution in [0, 0.1) is 5.41 Å². The molecule has 1 unspecified atom stereocenters. The van der Waals surface area contributed by atoms with Crippen molar-refractivity contribution in [1.29, 1.82) is 0 Å². The predicted molar refractivity (Wildman–Crippen MR) is 60.8 cm³/mol. The van der Waals surface area contributed by atoms with Crippen LogP contribution in [0.5, 0.6) is 0 Å². The monoisotopic (exact) mass is 211 g/mol. The minimum absolute atomic E-state index is 0.478. The highest BCUT2D eigenvalue weighted by atomic mass is 16.4. The van der Waals surface area contributed by atoms with E-state index >= 15 is 0 Å². The summed E-state index contributed by atoms with van der Waals surface area (Å²) in [6.45, 7) is 8.31. The molecule has 1 aliphatic heterocycles. The number of carboxylic acid groups (broad SMARTS) is 1. The van der Waals surface area contributed by atoms with E-state index in [1.807, 2.05) is 13.0 Å². The molecule has 1 fully saturated rings. The molecular formula is C12H21NO2. The quantitative estimate of drug-likeness (QED) is 0.540. The maximum atomic E-state index is 11.2. The van der Waals surface area contributed by atoms with E-state index in [1.165, 1.54) is 0 Å². The maximum Gasteiger partial charge on any atom is 0.310 e. The largest absolute Gasteiger partial charge is 0.481 e. The number of hydrogen-bond acceptors (Lipinski definition) is 2. The first-order valence-corrected chi connectivity index (χ1v) is 5.71. The van der Waals surface area contributed by atoms with E-state index in [0.29, 0.717) is 0 Å². The van der Waals surface area contributed by atoms with Gasteiger partial charge >= 0.3 is 5.97 Å². The number of aliphatic carboxylic acids is 1. The van der Waals surface area contributed by atoms with Crippen LogP contribution in [0.25, 0.3) is 0 Å². The molecule has 0 aromatic heterocycles. The van der Waals surface area contributed by atoms with Crippen LogP contribution in [0.3, 0.4) is 0 Å². The molecule has 1 heterocycles. The number of rotatable bonds is 6. The van der Waals surface area contributed by atoms with E-state index in [1.54, 1.807) is 0 Å². The molecule has 0 amide bonds. The fourth-order valence-corrected chi connectivity index (χ4v) is 2.22. The number of unbranched alkanes of at least 4 members (excludes halogenated alkanes) is 1. The van der Waals surface area contributed by atoms with Gasteiger partial charge in [-0.25, -0.2) is 0 Å². The molecule has 1 saturated heterocycles. The van der Waals surface area contributed by atoms with Crippen LogP contribution < -0.4 is 0 Å². The second kappa shape index (κ2) is 5.31. The Morgan fingerprint density at radius 3 is 2.87 bits per heavy atom. The molecule has 0 saturated carbocycles. The summed E-state index contributed by atoms with van der Waals surface area (Å²) in [7, 11) is 0. The molecule has 0 bridgehead atoms. The third kappa shape index (κ3) is 2.81. The lowest BCUT2D eigenvalue weighted by Crippen LogP contribution is -2.34. The van der Waals surface area contributed by atoms with Gasteiger partial charge in [-0.2, -0.15) is 0 Å². The van der Waals surface area contributed by atoms with Gasteiger partial charge in [0.05, 0.1) is 5.41 Å². The normalized spacial score (nSPS) is 26.7. The van der Waals surface area contributed by atoms with Gasteiger partial charge in [0.15, 0.2) is 0 Å². The Morgan fingerprint density at radius 2 is 2.40 bits per heavy atom. The Hall–Kier alpha value is -0.830. The van der Waals surface area contributed by atoms with E-state index in [4.69, 9.17) is 0 Å². The topological polar surface area (TPSA) is 40.5 Å². The molecule has 86 valence electrons. The van der Waals surface area contributed by atoms with E-state index in [2.05, 4.69) is 11.5 Å². The van der Waals surface area contributed by atoms with Crippen molar-refractivity contribution >= 4 is 5.97 Å². The van der Waals surface area contributed by atoms with Crippen LogP contribution >= 0.6 is 0 Å². The lowest BCUT2D eigenvalue weighted by molar-refractivity contribution is -0.148. The Bertz CT molecular complexity index is 240. The van der Waals surface area contributed by atoms with Crippen molar-refractivity contribution in [1.82, 2.24) is 4.90 Å². The lowest BCUT2D eigenvalue weighted by atomic mass is 9.84. The molecule has 3 nitrogen and oxygen atoms in total. The fourth-order valence-electron chi connectivity index (χ4n) is 2.22. The van der Waals surface area contributed by atoms with Gasteiger partial charge in [0, 0.05) is 6.54 Å². The highest BCUT2D eigenvalue weighted by Gasteiger charge is 2.42. The van der Waals surface area contributed by atoms with Gasteiger partial charge in [0.2, 0.25) is 0 Å². The van der Waals surface area contributed by atoms with Crippen molar-refractivity contribution in [2.45, 2.75) is 32.6 Å². The zero-order valence-electron chi connectivity index (χ0n) is 9.54. The standard InChI is InChI=1S/C12H21NO2/c1-3-5-6-8-13-9-7-12(4-2,10-13)11(14)15/h3H,1,4-10H2,2H3,(H,14,15). The zero-order valence-corrected chi connectivity index (χ0v) is 9.54. The fraction of sp³-hybridized carbons (Fsp3) is 0.750. The minimum Gasteiger partial charge on any atom is -0.481 e. The highest BCUT2D eigenvalue weighted by Crippen LogP contribution is 2.34. The maximum absolute atomic E-state index is 11.2. The van der Waals surface area contributed by atoms with Crippen LogP contribution in [0.15, 0.2) is 12.7 Å². The molecule has 0 spiro atoms. The summed E-state index contributed by atoms with van der Waals surface area (Å²) in [6, 6.07) is 0. The first kappa shape index (κ1) is 12.2. The molecule has 0 aromatic carbocycles. The van der Waals surface area contributed by atoms with Crippen LogP contribution in [-0.4, -0.2) is 35.6 Å². The summed E-state index contributed by atoms with van der Waals surface area (Å²) < 4.78 is 0. The molecule has 1 rings (SSSR count). The molecule has 0 aliphatic carbocycles. The van der Waals surface area contributed by atoms with Gasteiger partial charge in [-0.05, 0) is 38.8 Å². The second-order valence-corrected chi connectivity index (χ2v) is 4.40. The molecule has 3 heteroatoms. The van der Waals surface area contributed by atoms with Crippen molar-refractivity contribution in [3.05, 3.63) is 12.7 Å². The lowest BCUT2D eigenvalue weighted by Gasteiger charge is -2.22. The second-order valence-electron chi connectivity index (χ2n) is 4.40. The number of hydrogen-bond donors (Lipinski definition) is 1. The van der Waals surface area contributed by atoms with Crippen LogP contribution in [0.4, 0.5) is 0 Å². The third-order valence-electron chi connectivity index (χ3n) is 3.45. The van der Waals surface area contributed by atoms with Crippen molar-refractivity contribution in [2.24, 2.45) is 5.41 Å². The van der Waals surface area contributed by atoms with Gasteiger partial charge in [-0.3, -0.25) is 4.79 Å². The summed E-state index contributed by atoms with van der Waals surface area (Å²) in [5, 5.41) is 9.21. The third-order valence-corrected chi connectivity index (χ3v) is 3.45. The van der Waals surface area contributed by atoms with E-state index in [9.17, 15) is 9.90 Å². The summed E-state index contributed by atoms with van der Waals surface area (Å²) in [6.07, 6.45) is 5.55. The molecule has 1 aliphatic rings. The number of nitrogens with zero attached hydrogens (tertiary/aromatic N) is 1. The first-order chi connectivity index (χ1) is 7.14. The van der Waals surface area contributed by atoms with Gasteiger partial charge in [-0.1, -0.05) is 13.0 Å². The Kier molecular flexibility index (Phi) is 4.33. The number of likely N-dealkylation sites (tertiary alicyclic amines) is 1. The van der Waals surface area contributed by atoms with Crippen molar-refractivity contribution < 1.29 is 9.90 Å². The SMILES string of the molecule is C=CCCCN1CCC(CC)(C(=O)O)C1. The van der Waals surface area contributed by atoms with E-state index < -0.39 is 11.4 Å². The van der Waals surface area contributed by atoms with Crippen molar-refractivity contribution in [3.8, 4) is 0 Å². The van der Waals surface area contributed by atoms with Crippen molar-refractivity contribution in [2.75, 3.05) is 19.6 Å². The van der Waals surface area contributed by atoms with E-state index in [0.717, 1.165) is 45.3 Å². The van der Waals surface area contributed by atoms with E-state index in [-0.39, 0.29) is 0 Å². The predicted octanol–water partition coefficient (Wildman–Crippen LogP) is 2.14. The molecule has 15 heavy (non-hydrogen) atoms. The summed E-state index contributed by atoms with van der Waals surface area (Å²) in [4.78, 5) is 13.5. The molecule has 0 aromatic rings. The summed E-state index contributed by atoms with van der Waals surface area (Å²) in [5.41, 5.74) is -0.478.